The highest BCUT2D eigenvalue weighted by atomic mass is 32.2. The Bertz CT molecular complexity index is 908. The highest BCUT2D eigenvalue weighted by Gasteiger charge is 2.13. The molecule has 0 saturated heterocycles. The molecule has 2 aromatic carbocycles. The first-order valence-electron chi connectivity index (χ1n) is 8.21. The van der Waals surface area contributed by atoms with Gasteiger partial charge in [0.05, 0.1) is 5.56 Å². The van der Waals surface area contributed by atoms with E-state index in [-0.39, 0.29) is 5.91 Å². The summed E-state index contributed by atoms with van der Waals surface area (Å²) in [6.07, 6.45) is 1.75. The van der Waals surface area contributed by atoms with E-state index in [9.17, 15) is 9.59 Å². The maximum absolute atomic E-state index is 12.3. The van der Waals surface area contributed by atoms with Gasteiger partial charge in [0.25, 0.3) is 5.91 Å². The van der Waals surface area contributed by atoms with Gasteiger partial charge in [0.15, 0.2) is 0 Å². The van der Waals surface area contributed by atoms with E-state index in [1.54, 1.807) is 18.0 Å². The summed E-state index contributed by atoms with van der Waals surface area (Å²) in [5, 5.41) is 3.55. The lowest BCUT2D eigenvalue weighted by molar-refractivity contribution is 0.0938. The Morgan fingerprint density at radius 3 is 2.54 bits per heavy atom. The molecule has 0 fully saturated rings. The second-order valence-electron chi connectivity index (χ2n) is 5.67. The van der Waals surface area contributed by atoms with E-state index < -0.39 is 6.03 Å². The molecule has 3 N–H and O–H groups in total. The third-order valence-electron chi connectivity index (χ3n) is 3.83. The van der Waals surface area contributed by atoms with Crippen molar-refractivity contribution in [3.05, 3.63) is 66.4 Å². The van der Waals surface area contributed by atoms with Gasteiger partial charge >= 0.3 is 6.03 Å². The molecule has 0 bridgehead atoms. The Balaban J connectivity index is 1.44. The number of carbonyl (C=O) groups is 2. The summed E-state index contributed by atoms with van der Waals surface area (Å²) in [6, 6.07) is 17.1. The average molecular weight is 368 g/mol. The van der Waals surface area contributed by atoms with E-state index in [1.165, 1.54) is 0 Å². The predicted molar refractivity (Wildman–Crippen MR) is 104 cm³/mol. The molecule has 0 aliphatic heterocycles. The first-order valence-corrected chi connectivity index (χ1v) is 9.20. The van der Waals surface area contributed by atoms with Gasteiger partial charge in [0, 0.05) is 41.3 Å². The van der Waals surface area contributed by atoms with Crippen molar-refractivity contribution >= 4 is 34.6 Å². The van der Waals surface area contributed by atoms with Gasteiger partial charge in [-0.25, -0.2) is 10.2 Å². The van der Waals surface area contributed by atoms with Crippen LogP contribution in [0.1, 0.15) is 10.4 Å². The summed E-state index contributed by atoms with van der Waals surface area (Å²) >= 11 is 1.66. The average Bonchev–Trinajstić information content (AvgIpc) is 3.01. The zero-order chi connectivity index (χ0) is 18.4. The summed E-state index contributed by atoms with van der Waals surface area (Å²) in [5.41, 5.74) is 6.30. The smallest absolute Gasteiger partial charge is 0.333 e. The minimum Gasteiger partial charge on any atom is -0.350 e. The number of thioether (sulfide) groups is 1. The fraction of sp³-hybridized carbons (Fsp3) is 0.158. The number of carbonyl (C=O) groups excluding carboxylic acids is 2. The Hall–Kier alpha value is -2.93. The number of aromatic nitrogens is 1. The topological polar surface area (TPSA) is 75.2 Å². The molecule has 0 atom stereocenters. The number of aryl methyl sites for hydroxylation is 1. The van der Waals surface area contributed by atoms with E-state index in [1.807, 2.05) is 66.2 Å². The number of para-hydroxylation sites is 1. The van der Waals surface area contributed by atoms with Crippen molar-refractivity contribution < 1.29 is 9.59 Å². The maximum atomic E-state index is 12.3. The maximum Gasteiger partial charge on any atom is 0.333 e. The number of hydrogen-bond donors (Lipinski definition) is 3. The van der Waals surface area contributed by atoms with Gasteiger partial charge in [-0.1, -0.05) is 36.4 Å². The largest absolute Gasteiger partial charge is 0.350 e. The minimum absolute atomic E-state index is 0.351. The van der Waals surface area contributed by atoms with Crippen LogP contribution in [0.25, 0.3) is 10.9 Å². The number of benzene rings is 2. The molecule has 3 rings (SSSR count). The van der Waals surface area contributed by atoms with Crippen molar-refractivity contribution in [2.24, 2.45) is 7.05 Å². The van der Waals surface area contributed by atoms with Crippen LogP contribution >= 0.6 is 11.8 Å². The van der Waals surface area contributed by atoms with Crippen LogP contribution in [0.5, 0.6) is 0 Å². The molecule has 1 heterocycles. The van der Waals surface area contributed by atoms with Crippen LogP contribution in [0.3, 0.4) is 0 Å². The third kappa shape index (κ3) is 4.37. The van der Waals surface area contributed by atoms with Crippen LogP contribution in [0, 0.1) is 0 Å². The van der Waals surface area contributed by atoms with Crippen LogP contribution in [-0.4, -0.2) is 28.8 Å². The first-order chi connectivity index (χ1) is 12.6. The van der Waals surface area contributed by atoms with Gasteiger partial charge < -0.3 is 9.88 Å². The molecule has 0 aliphatic rings. The number of hydrazine groups is 1. The SMILES string of the molecule is Cn1cc(C(=O)NNC(=O)NCCSc2ccccc2)c2ccccc21. The molecule has 0 saturated carbocycles. The minimum atomic E-state index is -0.438. The van der Waals surface area contributed by atoms with Gasteiger partial charge in [-0.05, 0) is 18.2 Å². The molecule has 0 spiro atoms. The molecule has 0 aliphatic carbocycles. The second kappa shape index (κ2) is 8.44. The second-order valence-corrected chi connectivity index (χ2v) is 6.84. The van der Waals surface area contributed by atoms with Crippen molar-refractivity contribution in [2.45, 2.75) is 4.90 Å². The predicted octanol–water partition coefficient (Wildman–Crippen LogP) is 2.91. The summed E-state index contributed by atoms with van der Waals surface area (Å²) in [7, 11) is 1.88. The standard InChI is InChI=1S/C19H20N4O2S/c1-23-13-16(15-9-5-6-10-17(15)23)18(24)21-22-19(25)20-11-12-26-14-7-3-2-4-8-14/h2-10,13H,11-12H2,1H3,(H,21,24)(H2,20,22,25). The number of amides is 3. The van der Waals surface area contributed by atoms with Gasteiger partial charge in [0.2, 0.25) is 0 Å². The van der Waals surface area contributed by atoms with Crippen LogP contribution < -0.4 is 16.2 Å². The highest BCUT2D eigenvalue weighted by molar-refractivity contribution is 7.99. The molecule has 7 heteroatoms. The van der Waals surface area contributed by atoms with Crippen molar-refractivity contribution in [3.8, 4) is 0 Å². The molecule has 0 unspecified atom stereocenters. The van der Waals surface area contributed by atoms with E-state index >= 15 is 0 Å². The van der Waals surface area contributed by atoms with Crippen molar-refractivity contribution in [3.63, 3.8) is 0 Å². The molecule has 3 aromatic rings. The Morgan fingerprint density at radius 1 is 1.00 bits per heavy atom. The zero-order valence-electron chi connectivity index (χ0n) is 14.4. The number of rotatable bonds is 5. The lowest BCUT2D eigenvalue weighted by Gasteiger charge is -2.08. The summed E-state index contributed by atoms with van der Waals surface area (Å²) < 4.78 is 1.88. The molecule has 3 amide bonds. The summed E-state index contributed by atoms with van der Waals surface area (Å²) in [6.45, 7) is 0.496. The number of nitrogens with zero attached hydrogens (tertiary/aromatic N) is 1. The Morgan fingerprint density at radius 2 is 1.73 bits per heavy atom. The lowest BCUT2D eigenvalue weighted by Crippen LogP contribution is -2.47. The van der Waals surface area contributed by atoms with Crippen LogP contribution in [-0.2, 0) is 7.05 Å². The molecule has 1 aromatic heterocycles. The number of fused-ring (bicyclic) bond motifs is 1. The van der Waals surface area contributed by atoms with Gasteiger partial charge in [-0.3, -0.25) is 10.2 Å². The number of nitrogens with one attached hydrogen (secondary N) is 3. The zero-order valence-corrected chi connectivity index (χ0v) is 15.2. The lowest BCUT2D eigenvalue weighted by atomic mass is 10.2. The normalized spacial score (nSPS) is 10.5. The highest BCUT2D eigenvalue weighted by Crippen LogP contribution is 2.19. The fourth-order valence-electron chi connectivity index (χ4n) is 2.60. The molecule has 6 nitrogen and oxygen atoms in total. The van der Waals surface area contributed by atoms with Gasteiger partial charge in [-0.2, -0.15) is 0 Å². The monoisotopic (exact) mass is 368 g/mol. The molecule has 26 heavy (non-hydrogen) atoms. The van der Waals surface area contributed by atoms with Crippen LogP contribution in [0.4, 0.5) is 4.79 Å². The molecule has 0 radical (unpaired) electrons. The molecular weight excluding hydrogens is 348 g/mol. The summed E-state index contributed by atoms with van der Waals surface area (Å²) in [5.74, 6) is 0.393. The Labute approximate surface area is 155 Å². The van der Waals surface area contributed by atoms with Crippen molar-refractivity contribution in [2.75, 3.05) is 12.3 Å². The van der Waals surface area contributed by atoms with Crippen molar-refractivity contribution in [1.82, 2.24) is 20.7 Å². The van der Waals surface area contributed by atoms with Crippen molar-refractivity contribution in [1.29, 1.82) is 0 Å². The fourth-order valence-corrected chi connectivity index (χ4v) is 3.39. The quantitative estimate of drug-likeness (QED) is 0.368. The van der Waals surface area contributed by atoms with E-state index in [0.717, 1.165) is 21.6 Å². The van der Waals surface area contributed by atoms with Crippen LogP contribution in [0.2, 0.25) is 0 Å². The Kier molecular flexibility index (Phi) is 5.80. The van der Waals surface area contributed by atoms with Crippen LogP contribution in [0.15, 0.2) is 65.7 Å². The van der Waals surface area contributed by atoms with E-state index in [4.69, 9.17) is 0 Å². The van der Waals surface area contributed by atoms with Gasteiger partial charge in [-0.15, -0.1) is 11.8 Å². The first kappa shape index (κ1) is 17.9. The van der Waals surface area contributed by atoms with E-state index in [0.29, 0.717) is 12.1 Å². The number of hydrogen-bond acceptors (Lipinski definition) is 3. The number of urea groups is 1. The third-order valence-corrected chi connectivity index (χ3v) is 4.84. The van der Waals surface area contributed by atoms with Gasteiger partial charge in [0.1, 0.15) is 0 Å². The molecule has 134 valence electrons. The summed E-state index contributed by atoms with van der Waals surface area (Å²) in [4.78, 5) is 25.3. The van der Waals surface area contributed by atoms with E-state index in [2.05, 4.69) is 16.2 Å². The molecular formula is C19H20N4O2S.